The fourth-order valence-corrected chi connectivity index (χ4v) is 6.53. The first-order chi connectivity index (χ1) is 22.0. The highest BCUT2D eigenvalue weighted by atomic mass is 16.6. The highest BCUT2D eigenvalue weighted by Gasteiger charge is 2.46. The van der Waals surface area contributed by atoms with E-state index in [1.54, 1.807) is 9.80 Å². The van der Waals surface area contributed by atoms with Crippen LogP contribution in [0, 0.1) is 15.5 Å². The van der Waals surface area contributed by atoms with E-state index in [2.05, 4.69) is 5.32 Å². The van der Waals surface area contributed by atoms with E-state index < -0.39 is 40.7 Å². The highest BCUT2D eigenvalue weighted by Crippen LogP contribution is 2.41. The molecule has 4 heterocycles. The number of nitrogens with one attached hydrogen (secondary N) is 1. The van der Waals surface area contributed by atoms with Crippen LogP contribution in [-0.2, 0) is 14.4 Å². The van der Waals surface area contributed by atoms with E-state index in [4.69, 9.17) is 9.47 Å². The number of imide groups is 2. The number of nitrogens with zero attached hydrogens (tertiary/aromatic N) is 4. The van der Waals surface area contributed by atoms with Crippen molar-refractivity contribution in [3.8, 4) is 11.5 Å². The zero-order chi connectivity index (χ0) is 32.6. The average molecular weight is 634 g/mol. The Kier molecular flexibility index (Phi) is 8.15. The van der Waals surface area contributed by atoms with Gasteiger partial charge in [0.05, 0.1) is 16.1 Å². The maximum absolute atomic E-state index is 13.3. The SMILES string of the molecule is O=C1CCC(N2C(=O)c3cccc(OCC(=O)N4CCC5(CC4)CCN(C(=O)Oc4ccc([N+](=O)[O-])cc4)CC5)c3C2=O)C(=O)N1. The number of rotatable bonds is 6. The summed E-state index contributed by atoms with van der Waals surface area (Å²) in [6.45, 7) is 1.65. The Morgan fingerprint density at radius 1 is 0.913 bits per heavy atom. The minimum atomic E-state index is -1.10. The van der Waals surface area contributed by atoms with Crippen molar-refractivity contribution in [2.75, 3.05) is 32.8 Å². The number of carbonyl (C=O) groups excluding carboxylic acids is 6. The van der Waals surface area contributed by atoms with Crippen LogP contribution in [-0.4, -0.2) is 94.1 Å². The Labute approximate surface area is 262 Å². The van der Waals surface area contributed by atoms with Gasteiger partial charge in [0.25, 0.3) is 23.4 Å². The third-order valence-corrected chi connectivity index (χ3v) is 9.29. The molecule has 46 heavy (non-hydrogen) atoms. The second-order valence-corrected chi connectivity index (χ2v) is 11.9. The fourth-order valence-electron chi connectivity index (χ4n) is 6.53. The predicted octanol–water partition coefficient (Wildman–Crippen LogP) is 2.28. The summed E-state index contributed by atoms with van der Waals surface area (Å²) < 4.78 is 11.2. The van der Waals surface area contributed by atoms with Crippen LogP contribution in [0.5, 0.6) is 11.5 Å². The normalized spacial score (nSPS) is 20.8. The molecule has 2 aromatic carbocycles. The minimum Gasteiger partial charge on any atom is -0.483 e. The molecule has 2 aromatic rings. The lowest BCUT2D eigenvalue weighted by atomic mass is 9.71. The standard InChI is InChI=1S/C31H31N5O10/c37-24-9-8-22(27(39)32-24)35-28(40)21-2-1-3-23(26(21)29(35)41)45-18-25(38)33-14-10-31(11-15-33)12-16-34(17-13-31)30(42)46-20-6-4-19(5-7-20)36(43)44/h1-7,22H,8-18H2,(H,32,37,39). The number of ether oxygens (including phenoxy) is 2. The zero-order valence-electron chi connectivity index (χ0n) is 24.8. The van der Waals surface area contributed by atoms with Crippen molar-refractivity contribution in [1.29, 1.82) is 0 Å². The Hall–Kier alpha value is -5.34. The number of amides is 6. The predicted molar refractivity (Wildman–Crippen MR) is 157 cm³/mol. The number of nitro groups is 1. The maximum Gasteiger partial charge on any atom is 0.415 e. The highest BCUT2D eigenvalue weighted by molar-refractivity contribution is 6.24. The molecule has 6 rings (SSSR count). The van der Waals surface area contributed by atoms with Crippen molar-refractivity contribution in [2.24, 2.45) is 5.41 Å². The van der Waals surface area contributed by atoms with Crippen LogP contribution < -0.4 is 14.8 Å². The van der Waals surface area contributed by atoms with E-state index in [1.165, 1.54) is 42.5 Å². The maximum atomic E-state index is 13.3. The third-order valence-electron chi connectivity index (χ3n) is 9.29. The summed E-state index contributed by atoms with van der Waals surface area (Å²) in [5.41, 5.74) is -0.0532. The van der Waals surface area contributed by atoms with Gasteiger partial charge >= 0.3 is 6.09 Å². The molecule has 0 bridgehead atoms. The monoisotopic (exact) mass is 633 g/mol. The number of piperidine rings is 3. The van der Waals surface area contributed by atoms with Crippen LogP contribution in [0.2, 0.25) is 0 Å². The van der Waals surface area contributed by atoms with Crippen LogP contribution in [0.3, 0.4) is 0 Å². The first-order valence-corrected chi connectivity index (χ1v) is 15.0. The van der Waals surface area contributed by atoms with E-state index in [0.717, 1.165) is 30.6 Å². The first kappa shape index (κ1) is 30.7. The number of non-ortho nitro benzene ring substituents is 1. The molecule has 4 aliphatic rings. The number of carbonyl (C=O) groups is 6. The van der Waals surface area contributed by atoms with Crippen LogP contribution in [0.15, 0.2) is 42.5 Å². The summed E-state index contributed by atoms with van der Waals surface area (Å²) in [6, 6.07) is 8.71. The van der Waals surface area contributed by atoms with Crippen LogP contribution in [0.1, 0.15) is 59.2 Å². The number of hydrogen-bond donors (Lipinski definition) is 1. The number of benzene rings is 2. The number of hydrogen-bond acceptors (Lipinski definition) is 10. The van der Waals surface area contributed by atoms with Crippen LogP contribution in [0.25, 0.3) is 0 Å². The molecule has 240 valence electrons. The molecule has 1 spiro atoms. The van der Waals surface area contributed by atoms with Crippen molar-refractivity contribution in [1.82, 2.24) is 20.0 Å². The molecule has 3 saturated heterocycles. The van der Waals surface area contributed by atoms with Gasteiger partial charge in [-0.2, -0.15) is 0 Å². The van der Waals surface area contributed by atoms with E-state index in [9.17, 15) is 38.9 Å². The van der Waals surface area contributed by atoms with Crippen molar-refractivity contribution < 1.29 is 43.2 Å². The summed E-state index contributed by atoms with van der Waals surface area (Å²) >= 11 is 0. The zero-order valence-corrected chi connectivity index (χ0v) is 24.8. The lowest BCUT2D eigenvalue weighted by molar-refractivity contribution is -0.384. The molecule has 0 radical (unpaired) electrons. The van der Waals surface area contributed by atoms with Gasteiger partial charge in [0.2, 0.25) is 11.8 Å². The summed E-state index contributed by atoms with van der Waals surface area (Å²) in [7, 11) is 0. The summed E-state index contributed by atoms with van der Waals surface area (Å²) in [5, 5.41) is 13.0. The topological polar surface area (TPSA) is 186 Å². The molecule has 1 unspecified atom stereocenters. The second kappa shape index (κ2) is 12.2. The Morgan fingerprint density at radius 2 is 1.57 bits per heavy atom. The van der Waals surface area contributed by atoms with Gasteiger partial charge in [0, 0.05) is 44.7 Å². The van der Waals surface area contributed by atoms with Gasteiger partial charge in [-0.25, -0.2) is 4.79 Å². The van der Waals surface area contributed by atoms with Crippen molar-refractivity contribution in [3.05, 3.63) is 63.7 Å². The van der Waals surface area contributed by atoms with E-state index in [0.29, 0.717) is 26.2 Å². The van der Waals surface area contributed by atoms with Gasteiger partial charge in [-0.15, -0.1) is 0 Å². The number of fused-ring (bicyclic) bond motifs is 1. The van der Waals surface area contributed by atoms with E-state index in [-0.39, 0.29) is 59.1 Å². The second-order valence-electron chi connectivity index (χ2n) is 11.9. The largest absolute Gasteiger partial charge is 0.483 e. The average Bonchev–Trinajstić information content (AvgIpc) is 3.30. The first-order valence-electron chi connectivity index (χ1n) is 15.0. The van der Waals surface area contributed by atoms with Gasteiger partial charge in [-0.05, 0) is 61.8 Å². The van der Waals surface area contributed by atoms with Gasteiger partial charge < -0.3 is 19.3 Å². The quantitative estimate of drug-likeness (QED) is 0.281. The molecule has 6 amide bonds. The fraction of sp³-hybridized carbons (Fsp3) is 0.419. The smallest absolute Gasteiger partial charge is 0.415 e. The van der Waals surface area contributed by atoms with E-state index >= 15 is 0 Å². The summed E-state index contributed by atoms with van der Waals surface area (Å²) in [5.74, 6) is -2.50. The Morgan fingerprint density at radius 3 is 2.20 bits per heavy atom. The molecule has 3 fully saturated rings. The van der Waals surface area contributed by atoms with Gasteiger partial charge in [0.1, 0.15) is 17.5 Å². The minimum absolute atomic E-state index is 0.00780. The molecule has 0 saturated carbocycles. The molecule has 1 N–H and O–H groups in total. The molecule has 4 aliphatic heterocycles. The Balaban J connectivity index is 0.993. The van der Waals surface area contributed by atoms with Gasteiger partial charge in [-0.1, -0.05) is 6.07 Å². The molecule has 0 aromatic heterocycles. The van der Waals surface area contributed by atoms with E-state index in [1.807, 2.05) is 0 Å². The van der Waals surface area contributed by atoms with Crippen molar-refractivity contribution in [2.45, 2.75) is 44.6 Å². The van der Waals surface area contributed by atoms with Crippen LogP contribution >= 0.6 is 0 Å². The van der Waals surface area contributed by atoms with Crippen molar-refractivity contribution in [3.63, 3.8) is 0 Å². The summed E-state index contributed by atoms with van der Waals surface area (Å²) in [6.07, 6.45) is 2.52. The van der Waals surface area contributed by atoms with Gasteiger partial charge in [0.15, 0.2) is 6.61 Å². The molecule has 1 atom stereocenters. The molecule has 15 nitrogen and oxygen atoms in total. The lowest BCUT2D eigenvalue weighted by Gasteiger charge is -2.46. The van der Waals surface area contributed by atoms with Crippen molar-refractivity contribution >= 4 is 41.3 Å². The van der Waals surface area contributed by atoms with Crippen LogP contribution in [0.4, 0.5) is 10.5 Å². The van der Waals surface area contributed by atoms with Gasteiger partial charge in [-0.3, -0.25) is 44.3 Å². The molecular formula is C31H31N5O10. The number of likely N-dealkylation sites (tertiary alicyclic amines) is 2. The Bertz CT molecular complexity index is 1620. The number of nitro benzene ring substituents is 1. The molecular weight excluding hydrogens is 602 g/mol. The third kappa shape index (κ3) is 5.87. The molecule has 0 aliphatic carbocycles. The lowest BCUT2D eigenvalue weighted by Crippen LogP contribution is -2.54. The summed E-state index contributed by atoms with van der Waals surface area (Å²) in [4.78, 5) is 90.4. The molecule has 15 heteroatoms.